The van der Waals surface area contributed by atoms with Crippen molar-refractivity contribution in [2.24, 2.45) is 0 Å². The van der Waals surface area contributed by atoms with E-state index in [0.29, 0.717) is 26.7 Å². The Morgan fingerprint density at radius 1 is 1.12 bits per heavy atom. The predicted molar refractivity (Wildman–Crippen MR) is 98.1 cm³/mol. The summed E-state index contributed by atoms with van der Waals surface area (Å²) in [5, 5.41) is 4.99. The Morgan fingerprint density at radius 2 is 1.88 bits per heavy atom. The van der Waals surface area contributed by atoms with Crippen LogP contribution in [0.3, 0.4) is 0 Å². The molecule has 1 N–H and O–H groups in total. The number of halogens is 3. The van der Waals surface area contributed by atoms with Crippen LogP contribution in [0.4, 0.5) is 0 Å². The summed E-state index contributed by atoms with van der Waals surface area (Å²) in [5.74, 6) is 1.85. The third-order valence-corrected chi connectivity index (χ3v) is 5.50. The number of hydrogen-bond donors (Lipinski definition) is 1. The van der Waals surface area contributed by atoms with Crippen LogP contribution < -0.4 is 14.8 Å². The molecular weight excluding hydrogens is 369 g/mol. The van der Waals surface area contributed by atoms with Crippen LogP contribution in [0.5, 0.6) is 11.5 Å². The van der Waals surface area contributed by atoms with Crippen LogP contribution >= 0.6 is 34.8 Å². The number of ether oxygens (including phenoxy) is 2. The van der Waals surface area contributed by atoms with E-state index >= 15 is 0 Å². The molecule has 0 spiro atoms. The molecule has 2 aromatic rings. The standard InChI is InChI=1S/C18H16Cl3NO2/c1-23-16-5-9(17-13(20)6-10(19)7-14(17)21)4-11-12-8-22-3-2-15(12)24-18(11)16/h4-7,12,15,22H,2-3,8H2,1H3. The van der Waals surface area contributed by atoms with Crippen LogP contribution in [0.15, 0.2) is 24.3 Å². The highest BCUT2D eigenvalue weighted by Crippen LogP contribution is 2.49. The first-order valence-electron chi connectivity index (χ1n) is 7.82. The van der Waals surface area contributed by atoms with Crippen LogP contribution in [-0.4, -0.2) is 26.3 Å². The Kier molecular flexibility index (Phi) is 4.29. The van der Waals surface area contributed by atoms with E-state index in [-0.39, 0.29) is 6.10 Å². The third kappa shape index (κ3) is 2.64. The van der Waals surface area contributed by atoms with E-state index < -0.39 is 0 Å². The number of fused-ring (bicyclic) bond motifs is 3. The van der Waals surface area contributed by atoms with Crippen molar-refractivity contribution >= 4 is 34.8 Å². The number of benzene rings is 2. The summed E-state index contributed by atoms with van der Waals surface area (Å²) >= 11 is 18.8. The maximum absolute atomic E-state index is 6.40. The maximum atomic E-state index is 6.40. The lowest BCUT2D eigenvalue weighted by molar-refractivity contribution is 0.168. The second kappa shape index (κ2) is 6.30. The van der Waals surface area contributed by atoms with Crippen molar-refractivity contribution in [2.75, 3.05) is 20.2 Å². The van der Waals surface area contributed by atoms with Gasteiger partial charge in [0.05, 0.1) is 17.2 Å². The molecular formula is C18H16Cl3NO2. The van der Waals surface area contributed by atoms with Crippen molar-refractivity contribution in [3.05, 3.63) is 44.9 Å². The summed E-state index contributed by atoms with van der Waals surface area (Å²) in [4.78, 5) is 0. The van der Waals surface area contributed by atoms with Crippen molar-refractivity contribution < 1.29 is 9.47 Å². The average Bonchev–Trinajstić information content (AvgIpc) is 2.92. The maximum Gasteiger partial charge on any atom is 0.165 e. The number of nitrogens with one attached hydrogen (secondary N) is 1. The van der Waals surface area contributed by atoms with E-state index in [1.165, 1.54) is 0 Å². The van der Waals surface area contributed by atoms with E-state index in [0.717, 1.165) is 42.0 Å². The number of rotatable bonds is 2. The Balaban J connectivity index is 1.88. The van der Waals surface area contributed by atoms with Crippen LogP contribution in [0.1, 0.15) is 17.9 Å². The van der Waals surface area contributed by atoms with Crippen molar-refractivity contribution in [1.29, 1.82) is 0 Å². The number of hydrogen-bond acceptors (Lipinski definition) is 3. The lowest BCUT2D eigenvalue weighted by Crippen LogP contribution is -2.37. The monoisotopic (exact) mass is 383 g/mol. The molecule has 2 aliphatic rings. The number of methoxy groups -OCH3 is 1. The summed E-state index contributed by atoms with van der Waals surface area (Å²) < 4.78 is 11.7. The van der Waals surface area contributed by atoms with Crippen LogP contribution in [0.2, 0.25) is 15.1 Å². The largest absolute Gasteiger partial charge is 0.493 e. The Hall–Kier alpha value is -1.13. The van der Waals surface area contributed by atoms with Crippen LogP contribution in [0.25, 0.3) is 11.1 Å². The fourth-order valence-electron chi connectivity index (χ4n) is 3.58. The molecule has 4 rings (SSSR count). The third-order valence-electron chi connectivity index (χ3n) is 4.69. The number of piperidine rings is 1. The molecule has 6 heteroatoms. The van der Waals surface area contributed by atoms with Crippen molar-refractivity contribution in [3.8, 4) is 22.6 Å². The predicted octanol–water partition coefficient (Wildman–Crippen LogP) is 5.16. The van der Waals surface area contributed by atoms with Gasteiger partial charge in [0.2, 0.25) is 0 Å². The fraction of sp³-hybridized carbons (Fsp3) is 0.333. The molecule has 0 amide bonds. The minimum atomic E-state index is 0.196. The molecule has 3 nitrogen and oxygen atoms in total. The van der Waals surface area contributed by atoms with Gasteiger partial charge in [-0.1, -0.05) is 34.8 Å². The Bertz CT molecular complexity index is 786. The van der Waals surface area contributed by atoms with Gasteiger partial charge >= 0.3 is 0 Å². The van der Waals surface area contributed by atoms with Crippen LogP contribution in [0, 0.1) is 0 Å². The van der Waals surface area contributed by atoms with Gasteiger partial charge in [0.1, 0.15) is 6.10 Å². The van der Waals surface area contributed by atoms with Crippen molar-refractivity contribution in [1.82, 2.24) is 5.32 Å². The topological polar surface area (TPSA) is 30.5 Å². The summed E-state index contributed by atoms with van der Waals surface area (Å²) in [6, 6.07) is 7.43. The first kappa shape index (κ1) is 16.3. The second-order valence-corrected chi connectivity index (χ2v) is 7.35. The molecule has 0 aromatic heterocycles. The normalized spacial score (nSPS) is 21.8. The smallest absolute Gasteiger partial charge is 0.165 e. The molecule has 1 fully saturated rings. The van der Waals surface area contributed by atoms with Crippen molar-refractivity contribution in [3.63, 3.8) is 0 Å². The zero-order valence-electron chi connectivity index (χ0n) is 13.0. The molecule has 0 bridgehead atoms. The van der Waals surface area contributed by atoms with Gasteiger partial charge in [-0.15, -0.1) is 0 Å². The average molecular weight is 385 g/mol. The molecule has 2 atom stereocenters. The minimum Gasteiger partial charge on any atom is -0.493 e. The molecule has 0 radical (unpaired) electrons. The van der Waals surface area contributed by atoms with E-state index in [9.17, 15) is 0 Å². The quantitative estimate of drug-likeness (QED) is 0.775. The minimum absolute atomic E-state index is 0.196. The molecule has 24 heavy (non-hydrogen) atoms. The fourth-order valence-corrected chi connectivity index (χ4v) is 4.61. The summed E-state index contributed by atoms with van der Waals surface area (Å²) in [7, 11) is 1.65. The molecule has 126 valence electrons. The van der Waals surface area contributed by atoms with Gasteiger partial charge < -0.3 is 14.8 Å². The van der Waals surface area contributed by atoms with Crippen molar-refractivity contribution in [2.45, 2.75) is 18.4 Å². The Morgan fingerprint density at radius 3 is 2.58 bits per heavy atom. The molecule has 2 unspecified atom stereocenters. The van der Waals surface area contributed by atoms with E-state index in [2.05, 4.69) is 11.4 Å². The van der Waals surface area contributed by atoms with Gasteiger partial charge in [0.15, 0.2) is 11.5 Å². The van der Waals surface area contributed by atoms with Gasteiger partial charge in [-0.25, -0.2) is 0 Å². The molecule has 1 saturated heterocycles. The highest BCUT2D eigenvalue weighted by Gasteiger charge is 2.38. The zero-order chi connectivity index (χ0) is 16.8. The second-order valence-electron chi connectivity index (χ2n) is 6.10. The first-order valence-corrected chi connectivity index (χ1v) is 8.96. The SMILES string of the molecule is COc1cc(-c2c(Cl)cc(Cl)cc2Cl)cc2c1OC1CCNCC21. The van der Waals surface area contributed by atoms with Crippen LogP contribution in [-0.2, 0) is 0 Å². The lowest BCUT2D eigenvalue weighted by atomic mass is 9.89. The zero-order valence-corrected chi connectivity index (χ0v) is 15.3. The lowest BCUT2D eigenvalue weighted by Gasteiger charge is -2.24. The molecule has 2 aliphatic heterocycles. The summed E-state index contributed by atoms with van der Waals surface area (Å²) in [5.41, 5.74) is 2.81. The van der Waals surface area contributed by atoms with Gasteiger partial charge in [-0.3, -0.25) is 0 Å². The van der Waals surface area contributed by atoms with E-state index in [4.69, 9.17) is 44.3 Å². The van der Waals surface area contributed by atoms with E-state index in [1.807, 2.05) is 6.07 Å². The molecule has 2 aromatic carbocycles. The van der Waals surface area contributed by atoms with Gasteiger partial charge in [0.25, 0.3) is 0 Å². The molecule has 0 aliphatic carbocycles. The highest BCUT2D eigenvalue weighted by molar-refractivity contribution is 6.41. The Labute approximate surface area is 155 Å². The molecule has 0 saturated carbocycles. The summed E-state index contributed by atoms with van der Waals surface area (Å²) in [6.45, 7) is 1.87. The van der Waals surface area contributed by atoms with Gasteiger partial charge in [-0.2, -0.15) is 0 Å². The first-order chi connectivity index (χ1) is 11.6. The highest BCUT2D eigenvalue weighted by atomic mass is 35.5. The summed E-state index contributed by atoms with van der Waals surface area (Å²) in [6.07, 6.45) is 1.18. The van der Waals surface area contributed by atoms with Gasteiger partial charge in [0, 0.05) is 28.6 Å². The van der Waals surface area contributed by atoms with Gasteiger partial charge in [-0.05, 0) is 42.8 Å². The molecule has 2 heterocycles. The van der Waals surface area contributed by atoms with E-state index in [1.54, 1.807) is 19.2 Å².